The summed E-state index contributed by atoms with van der Waals surface area (Å²) in [5.41, 5.74) is 0.916. The Labute approximate surface area is 108 Å². The first-order valence-corrected chi connectivity index (χ1v) is 6.37. The molecule has 1 heterocycles. The van der Waals surface area contributed by atoms with Gasteiger partial charge in [0.2, 0.25) is 0 Å². The molecule has 1 aliphatic rings. The van der Waals surface area contributed by atoms with E-state index >= 15 is 0 Å². The van der Waals surface area contributed by atoms with Crippen LogP contribution in [0.4, 0.5) is 4.79 Å². The molecular formula is C14H20N2O2. The van der Waals surface area contributed by atoms with E-state index in [9.17, 15) is 9.90 Å². The first kappa shape index (κ1) is 12.9. The van der Waals surface area contributed by atoms with Crippen molar-refractivity contribution in [3.05, 3.63) is 35.9 Å². The number of hydrogen-bond acceptors (Lipinski definition) is 2. The fraction of sp³-hybridized carbons (Fsp3) is 0.500. The van der Waals surface area contributed by atoms with Gasteiger partial charge in [0.25, 0.3) is 0 Å². The van der Waals surface area contributed by atoms with Gasteiger partial charge in [-0.05, 0) is 31.9 Å². The molecule has 1 atom stereocenters. The Bertz CT molecular complexity index is 400. The standard InChI is InChI=1S/C14H20N2O2/c1-14(8-9-15-11-14)16(13(17)18)10-7-12-5-3-2-4-6-12/h2-6,15H,7-11H2,1H3,(H,17,18). The normalized spacial score (nSPS) is 22.9. The SMILES string of the molecule is CC1(N(CCc2ccccc2)C(=O)O)CCNC1. The number of nitrogens with one attached hydrogen (secondary N) is 1. The third kappa shape index (κ3) is 2.82. The van der Waals surface area contributed by atoms with Gasteiger partial charge in [0.15, 0.2) is 0 Å². The maximum atomic E-state index is 11.4. The van der Waals surface area contributed by atoms with Crippen molar-refractivity contribution in [2.45, 2.75) is 25.3 Å². The summed E-state index contributed by atoms with van der Waals surface area (Å²) in [4.78, 5) is 13.0. The Morgan fingerprint density at radius 2 is 2.17 bits per heavy atom. The molecule has 18 heavy (non-hydrogen) atoms. The summed E-state index contributed by atoms with van der Waals surface area (Å²) in [7, 11) is 0. The summed E-state index contributed by atoms with van der Waals surface area (Å²) < 4.78 is 0. The van der Waals surface area contributed by atoms with Crippen LogP contribution in [0.2, 0.25) is 0 Å². The van der Waals surface area contributed by atoms with Crippen molar-refractivity contribution in [1.29, 1.82) is 0 Å². The van der Waals surface area contributed by atoms with Crippen molar-refractivity contribution in [3.8, 4) is 0 Å². The van der Waals surface area contributed by atoms with Crippen molar-refractivity contribution in [3.63, 3.8) is 0 Å². The van der Waals surface area contributed by atoms with Crippen molar-refractivity contribution in [2.75, 3.05) is 19.6 Å². The number of nitrogens with zero attached hydrogens (tertiary/aromatic N) is 1. The number of carbonyl (C=O) groups is 1. The Kier molecular flexibility index (Phi) is 3.87. The summed E-state index contributed by atoms with van der Waals surface area (Å²) >= 11 is 0. The van der Waals surface area contributed by atoms with Crippen LogP contribution in [-0.4, -0.2) is 41.3 Å². The zero-order valence-corrected chi connectivity index (χ0v) is 10.7. The van der Waals surface area contributed by atoms with E-state index in [0.29, 0.717) is 6.54 Å². The molecule has 4 heteroatoms. The summed E-state index contributed by atoms with van der Waals surface area (Å²) in [6.07, 6.45) is 0.828. The molecule has 2 rings (SSSR count). The van der Waals surface area contributed by atoms with Gasteiger partial charge in [-0.1, -0.05) is 30.3 Å². The highest BCUT2D eigenvalue weighted by molar-refractivity contribution is 5.66. The van der Waals surface area contributed by atoms with Gasteiger partial charge in [0.05, 0.1) is 5.54 Å². The third-order valence-corrected chi connectivity index (χ3v) is 3.70. The van der Waals surface area contributed by atoms with Crippen LogP contribution in [0.15, 0.2) is 30.3 Å². The summed E-state index contributed by atoms with van der Waals surface area (Å²) in [5, 5.41) is 12.6. The van der Waals surface area contributed by atoms with E-state index in [1.807, 2.05) is 37.3 Å². The predicted octanol–water partition coefficient (Wildman–Crippen LogP) is 1.96. The summed E-state index contributed by atoms with van der Waals surface area (Å²) in [6, 6.07) is 10.0. The number of rotatable bonds is 4. The molecule has 1 aromatic carbocycles. The lowest BCUT2D eigenvalue weighted by molar-refractivity contribution is 0.0933. The predicted molar refractivity (Wildman–Crippen MR) is 70.8 cm³/mol. The van der Waals surface area contributed by atoms with Crippen LogP contribution in [0.5, 0.6) is 0 Å². The van der Waals surface area contributed by atoms with E-state index in [0.717, 1.165) is 25.9 Å². The maximum absolute atomic E-state index is 11.4. The molecule has 0 radical (unpaired) electrons. The topological polar surface area (TPSA) is 52.6 Å². The maximum Gasteiger partial charge on any atom is 0.407 e. The van der Waals surface area contributed by atoms with E-state index < -0.39 is 6.09 Å². The Morgan fingerprint density at radius 3 is 2.72 bits per heavy atom. The molecule has 0 saturated carbocycles. The van der Waals surface area contributed by atoms with Crippen LogP contribution in [0.25, 0.3) is 0 Å². The molecule has 4 nitrogen and oxygen atoms in total. The lowest BCUT2D eigenvalue weighted by Gasteiger charge is -2.35. The third-order valence-electron chi connectivity index (χ3n) is 3.70. The molecule has 2 N–H and O–H groups in total. The fourth-order valence-corrected chi connectivity index (χ4v) is 2.52. The average molecular weight is 248 g/mol. The van der Waals surface area contributed by atoms with Crippen LogP contribution in [-0.2, 0) is 6.42 Å². The minimum Gasteiger partial charge on any atom is -0.465 e. The fourth-order valence-electron chi connectivity index (χ4n) is 2.52. The van der Waals surface area contributed by atoms with Crippen molar-refractivity contribution >= 4 is 6.09 Å². The molecule has 0 bridgehead atoms. The van der Waals surface area contributed by atoms with E-state index in [1.54, 1.807) is 4.90 Å². The highest BCUT2D eigenvalue weighted by atomic mass is 16.4. The zero-order valence-electron chi connectivity index (χ0n) is 10.7. The van der Waals surface area contributed by atoms with Crippen LogP contribution in [0, 0.1) is 0 Å². The van der Waals surface area contributed by atoms with Crippen molar-refractivity contribution < 1.29 is 9.90 Å². The highest BCUT2D eigenvalue weighted by Crippen LogP contribution is 2.23. The van der Waals surface area contributed by atoms with E-state index in [1.165, 1.54) is 5.56 Å². The molecule has 0 spiro atoms. The molecule has 1 aliphatic heterocycles. The van der Waals surface area contributed by atoms with Gasteiger partial charge in [-0.3, -0.25) is 0 Å². The lowest BCUT2D eigenvalue weighted by Crippen LogP contribution is -2.51. The van der Waals surface area contributed by atoms with Gasteiger partial charge < -0.3 is 15.3 Å². The average Bonchev–Trinajstić information content (AvgIpc) is 2.78. The van der Waals surface area contributed by atoms with Gasteiger partial charge in [0, 0.05) is 13.1 Å². The van der Waals surface area contributed by atoms with Crippen molar-refractivity contribution in [1.82, 2.24) is 10.2 Å². The molecule has 98 valence electrons. The summed E-state index contributed by atoms with van der Waals surface area (Å²) in [5.74, 6) is 0. The van der Waals surface area contributed by atoms with Gasteiger partial charge in [0.1, 0.15) is 0 Å². The zero-order chi connectivity index (χ0) is 13.0. The van der Waals surface area contributed by atoms with Gasteiger partial charge in [-0.25, -0.2) is 4.79 Å². The second kappa shape index (κ2) is 5.40. The van der Waals surface area contributed by atoms with Gasteiger partial charge in [-0.2, -0.15) is 0 Å². The quantitative estimate of drug-likeness (QED) is 0.856. The van der Waals surface area contributed by atoms with Crippen molar-refractivity contribution in [2.24, 2.45) is 0 Å². The molecule has 1 fully saturated rings. The molecule has 1 amide bonds. The molecular weight excluding hydrogens is 228 g/mol. The molecule has 1 unspecified atom stereocenters. The second-order valence-electron chi connectivity index (χ2n) is 5.09. The Hall–Kier alpha value is -1.55. The highest BCUT2D eigenvalue weighted by Gasteiger charge is 2.37. The largest absolute Gasteiger partial charge is 0.465 e. The van der Waals surface area contributed by atoms with E-state index in [2.05, 4.69) is 5.32 Å². The summed E-state index contributed by atoms with van der Waals surface area (Å²) in [6.45, 7) is 4.21. The second-order valence-corrected chi connectivity index (χ2v) is 5.09. The molecule has 0 aromatic heterocycles. The van der Waals surface area contributed by atoms with Gasteiger partial charge in [-0.15, -0.1) is 0 Å². The number of carboxylic acid groups (broad SMARTS) is 1. The monoisotopic (exact) mass is 248 g/mol. The van der Waals surface area contributed by atoms with Crippen LogP contribution < -0.4 is 5.32 Å². The molecule has 0 aliphatic carbocycles. The first-order chi connectivity index (χ1) is 8.62. The smallest absolute Gasteiger partial charge is 0.407 e. The number of amides is 1. The molecule has 1 saturated heterocycles. The number of hydrogen-bond donors (Lipinski definition) is 2. The Balaban J connectivity index is 2.01. The minimum atomic E-state index is -0.822. The first-order valence-electron chi connectivity index (χ1n) is 6.37. The van der Waals surface area contributed by atoms with E-state index in [4.69, 9.17) is 0 Å². The minimum absolute atomic E-state index is 0.263. The van der Waals surface area contributed by atoms with Gasteiger partial charge >= 0.3 is 6.09 Å². The van der Waals surface area contributed by atoms with Crippen LogP contribution >= 0.6 is 0 Å². The van der Waals surface area contributed by atoms with E-state index in [-0.39, 0.29) is 5.54 Å². The lowest BCUT2D eigenvalue weighted by atomic mass is 9.98. The van der Waals surface area contributed by atoms with Crippen LogP contribution in [0.3, 0.4) is 0 Å². The molecule has 1 aromatic rings. The van der Waals surface area contributed by atoms with Crippen LogP contribution in [0.1, 0.15) is 18.9 Å². The number of benzene rings is 1. The Morgan fingerprint density at radius 1 is 1.44 bits per heavy atom.